The van der Waals surface area contributed by atoms with Crippen molar-refractivity contribution in [2.75, 3.05) is 23.3 Å². The highest BCUT2D eigenvalue weighted by molar-refractivity contribution is 5.92. The Labute approximate surface area is 192 Å². The Balaban J connectivity index is 1.34. The van der Waals surface area contributed by atoms with Crippen molar-refractivity contribution < 1.29 is 9.18 Å². The van der Waals surface area contributed by atoms with Gasteiger partial charge in [-0.05, 0) is 38.8 Å². The van der Waals surface area contributed by atoms with Gasteiger partial charge < -0.3 is 10.2 Å². The summed E-state index contributed by atoms with van der Waals surface area (Å²) in [6, 6.07) is 18.6. The van der Waals surface area contributed by atoms with Gasteiger partial charge in [-0.15, -0.1) is 0 Å². The lowest BCUT2D eigenvalue weighted by molar-refractivity contribution is -0.120. The van der Waals surface area contributed by atoms with Crippen molar-refractivity contribution in [2.24, 2.45) is 5.92 Å². The topological polar surface area (TPSA) is 62.5 Å². The average Bonchev–Trinajstić information content (AvgIpc) is 3.24. The van der Waals surface area contributed by atoms with E-state index in [1.54, 1.807) is 18.2 Å². The second-order valence-electron chi connectivity index (χ2n) is 8.65. The van der Waals surface area contributed by atoms with Gasteiger partial charge in [0.05, 0.1) is 11.4 Å². The van der Waals surface area contributed by atoms with Crippen molar-refractivity contribution in [3.63, 3.8) is 0 Å². The van der Waals surface area contributed by atoms with Crippen LogP contribution in [0.4, 0.5) is 15.9 Å². The van der Waals surface area contributed by atoms with Crippen LogP contribution in [0.25, 0.3) is 16.9 Å². The lowest BCUT2D eigenvalue weighted by atomic mass is 9.95. The van der Waals surface area contributed by atoms with Crippen molar-refractivity contribution in [2.45, 2.75) is 26.7 Å². The van der Waals surface area contributed by atoms with E-state index in [-0.39, 0.29) is 17.5 Å². The van der Waals surface area contributed by atoms with Gasteiger partial charge >= 0.3 is 0 Å². The Hall–Kier alpha value is -3.74. The third kappa shape index (κ3) is 4.31. The maximum atomic E-state index is 13.9. The summed E-state index contributed by atoms with van der Waals surface area (Å²) in [6.07, 6.45) is 1.38. The molecule has 0 spiro atoms. The average molecular weight is 444 g/mol. The zero-order valence-electron chi connectivity index (χ0n) is 18.8. The molecule has 4 aromatic rings. The van der Waals surface area contributed by atoms with Crippen LogP contribution in [0.1, 0.15) is 24.1 Å². The van der Waals surface area contributed by atoms with Crippen molar-refractivity contribution in [3.8, 4) is 11.3 Å². The summed E-state index contributed by atoms with van der Waals surface area (Å²) in [5.41, 5.74) is 5.11. The molecule has 7 heteroatoms. The molecule has 0 saturated carbocycles. The second kappa shape index (κ2) is 8.65. The molecule has 1 aliphatic rings. The molecule has 3 heterocycles. The van der Waals surface area contributed by atoms with Crippen LogP contribution in [-0.2, 0) is 4.79 Å². The van der Waals surface area contributed by atoms with Gasteiger partial charge in [-0.3, -0.25) is 4.79 Å². The minimum absolute atomic E-state index is 0.128. The third-order valence-electron chi connectivity index (χ3n) is 6.21. The largest absolute Gasteiger partial charge is 0.356 e. The van der Waals surface area contributed by atoms with Crippen LogP contribution in [-0.4, -0.2) is 33.6 Å². The van der Waals surface area contributed by atoms with Crippen molar-refractivity contribution in [1.82, 2.24) is 14.6 Å². The molecular weight excluding hydrogens is 417 g/mol. The van der Waals surface area contributed by atoms with Crippen LogP contribution in [0.3, 0.4) is 0 Å². The lowest BCUT2D eigenvalue weighted by Crippen LogP contribution is -2.39. The predicted molar refractivity (Wildman–Crippen MR) is 128 cm³/mol. The summed E-state index contributed by atoms with van der Waals surface area (Å²) in [5, 5.41) is 7.58. The first-order chi connectivity index (χ1) is 16.0. The Morgan fingerprint density at radius 2 is 1.76 bits per heavy atom. The number of aromatic nitrogens is 3. The number of anilines is 2. The quantitative estimate of drug-likeness (QED) is 0.482. The maximum absolute atomic E-state index is 13.9. The number of carbonyl (C=O) groups excluding carboxylic acids is 1. The summed E-state index contributed by atoms with van der Waals surface area (Å²) in [7, 11) is 0. The van der Waals surface area contributed by atoms with E-state index in [1.807, 2.05) is 23.6 Å². The Morgan fingerprint density at radius 1 is 1.03 bits per heavy atom. The Morgan fingerprint density at radius 3 is 2.48 bits per heavy atom. The number of amides is 1. The standard InChI is InChI=1S/C26H26FN5O/c1-17-7-9-19(10-8-17)23-16-24-28-18(2)15-25(32(24)30-23)31-13-11-20(12-14-31)26(33)29-22-6-4-3-5-21(22)27/h3-10,15-16,20H,11-14H2,1-2H3,(H,29,33). The zero-order chi connectivity index (χ0) is 22.9. The fourth-order valence-corrected chi connectivity index (χ4v) is 4.34. The molecule has 0 atom stereocenters. The van der Waals surface area contributed by atoms with E-state index < -0.39 is 5.82 Å². The number of hydrogen-bond acceptors (Lipinski definition) is 4. The molecule has 0 bridgehead atoms. The molecule has 0 radical (unpaired) electrons. The fourth-order valence-electron chi connectivity index (χ4n) is 4.34. The number of para-hydroxylation sites is 1. The zero-order valence-corrected chi connectivity index (χ0v) is 18.8. The number of rotatable bonds is 4. The number of aryl methyl sites for hydroxylation is 2. The van der Waals surface area contributed by atoms with Crippen LogP contribution in [0.5, 0.6) is 0 Å². The predicted octanol–water partition coefficient (Wildman–Crippen LogP) is 5.01. The highest BCUT2D eigenvalue weighted by Gasteiger charge is 2.27. The van der Waals surface area contributed by atoms with E-state index in [4.69, 9.17) is 5.10 Å². The highest BCUT2D eigenvalue weighted by atomic mass is 19.1. The molecule has 168 valence electrons. The number of hydrogen-bond donors (Lipinski definition) is 1. The second-order valence-corrected chi connectivity index (χ2v) is 8.65. The summed E-state index contributed by atoms with van der Waals surface area (Å²) in [4.78, 5) is 19.6. The van der Waals surface area contributed by atoms with E-state index in [1.165, 1.54) is 11.6 Å². The molecule has 2 aromatic heterocycles. The molecule has 0 aliphatic carbocycles. The number of piperidine rings is 1. The van der Waals surface area contributed by atoms with Crippen LogP contribution in [0.2, 0.25) is 0 Å². The molecule has 5 rings (SSSR count). The SMILES string of the molecule is Cc1ccc(-c2cc3nc(C)cc(N4CCC(C(=O)Nc5ccccc5F)CC4)n3n2)cc1. The first-order valence-electron chi connectivity index (χ1n) is 11.2. The molecule has 1 amide bonds. The van der Waals surface area contributed by atoms with Crippen LogP contribution in [0.15, 0.2) is 60.7 Å². The normalized spacial score (nSPS) is 14.6. The number of nitrogens with zero attached hydrogens (tertiary/aromatic N) is 4. The van der Waals surface area contributed by atoms with Gasteiger partial charge in [0.2, 0.25) is 5.91 Å². The molecule has 6 nitrogen and oxygen atoms in total. The van der Waals surface area contributed by atoms with Gasteiger partial charge in [-0.2, -0.15) is 9.61 Å². The summed E-state index contributed by atoms with van der Waals surface area (Å²) < 4.78 is 15.8. The molecule has 0 unspecified atom stereocenters. The van der Waals surface area contributed by atoms with Gasteiger partial charge in [0, 0.05) is 42.4 Å². The number of fused-ring (bicyclic) bond motifs is 1. The number of carbonyl (C=O) groups is 1. The minimum atomic E-state index is -0.416. The van der Waals surface area contributed by atoms with Crippen molar-refractivity contribution in [3.05, 3.63) is 77.7 Å². The van der Waals surface area contributed by atoms with E-state index in [0.717, 1.165) is 28.4 Å². The number of benzene rings is 2. The van der Waals surface area contributed by atoms with Gasteiger partial charge in [-0.25, -0.2) is 9.37 Å². The summed E-state index contributed by atoms with van der Waals surface area (Å²) in [6.45, 7) is 5.48. The monoisotopic (exact) mass is 443 g/mol. The Bertz CT molecular complexity index is 1310. The molecule has 1 N–H and O–H groups in total. The first-order valence-corrected chi connectivity index (χ1v) is 11.2. The lowest BCUT2D eigenvalue weighted by Gasteiger charge is -2.33. The van der Waals surface area contributed by atoms with E-state index in [2.05, 4.69) is 46.4 Å². The van der Waals surface area contributed by atoms with Crippen LogP contribution in [0, 0.1) is 25.6 Å². The smallest absolute Gasteiger partial charge is 0.227 e. The fraction of sp³-hybridized carbons (Fsp3) is 0.269. The van der Waals surface area contributed by atoms with Crippen LogP contribution >= 0.6 is 0 Å². The third-order valence-corrected chi connectivity index (χ3v) is 6.21. The molecule has 33 heavy (non-hydrogen) atoms. The first kappa shape index (κ1) is 21.1. The van der Waals surface area contributed by atoms with Crippen LogP contribution < -0.4 is 10.2 Å². The molecule has 1 aliphatic heterocycles. The molecular formula is C26H26FN5O. The molecule has 2 aromatic carbocycles. The number of halogens is 1. The van der Waals surface area contributed by atoms with Gasteiger partial charge in [0.25, 0.3) is 0 Å². The summed E-state index contributed by atoms with van der Waals surface area (Å²) in [5.74, 6) is 0.279. The summed E-state index contributed by atoms with van der Waals surface area (Å²) >= 11 is 0. The molecule has 1 saturated heterocycles. The molecule has 1 fully saturated rings. The van der Waals surface area contributed by atoms with E-state index in [9.17, 15) is 9.18 Å². The van der Waals surface area contributed by atoms with Crippen molar-refractivity contribution >= 4 is 23.1 Å². The Kier molecular flexibility index (Phi) is 5.54. The minimum Gasteiger partial charge on any atom is -0.356 e. The van der Waals surface area contributed by atoms with Gasteiger partial charge in [-0.1, -0.05) is 42.0 Å². The maximum Gasteiger partial charge on any atom is 0.227 e. The van der Waals surface area contributed by atoms with Gasteiger partial charge in [0.15, 0.2) is 5.65 Å². The highest BCUT2D eigenvalue weighted by Crippen LogP contribution is 2.28. The van der Waals surface area contributed by atoms with E-state index in [0.29, 0.717) is 25.9 Å². The van der Waals surface area contributed by atoms with Gasteiger partial charge in [0.1, 0.15) is 11.6 Å². The number of nitrogens with one attached hydrogen (secondary N) is 1. The van der Waals surface area contributed by atoms with E-state index >= 15 is 0 Å². The van der Waals surface area contributed by atoms with Crippen molar-refractivity contribution in [1.29, 1.82) is 0 Å².